The monoisotopic (exact) mass is 330 g/mol. The highest BCUT2D eigenvalue weighted by molar-refractivity contribution is 5.88. The summed E-state index contributed by atoms with van der Waals surface area (Å²) in [6, 6.07) is 5.80. The van der Waals surface area contributed by atoms with Gasteiger partial charge in [-0.25, -0.2) is 0 Å². The first-order valence-corrected chi connectivity index (χ1v) is 8.16. The molecule has 0 spiro atoms. The van der Waals surface area contributed by atoms with E-state index in [1.54, 1.807) is 11.0 Å². The minimum absolute atomic E-state index is 0.0202. The van der Waals surface area contributed by atoms with Gasteiger partial charge in [-0.3, -0.25) is 4.79 Å². The number of amides is 1. The van der Waals surface area contributed by atoms with E-state index in [2.05, 4.69) is 6.92 Å². The van der Waals surface area contributed by atoms with Crippen LogP contribution < -0.4 is 9.47 Å². The van der Waals surface area contributed by atoms with Gasteiger partial charge in [0, 0.05) is 32.3 Å². The highest BCUT2D eigenvalue weighted by Gasteiger charge is 2.18. The van der Waals surface area contributed by atoms with Gasteiger partial charge in [-0.2, -0.15) is 5.06 Å². The molecule has 0 radical (unpaired) electrons. The summed E-state index contributed by atoms with van der Waals surface area (Å²) < 4.78 is 10.7. The number of rotatable bonds is 4. The first-order valence-electron chi connectivity index (χ1n) is 8.16. The Morgan fingerprint density at radius 2 is 1.92 bits per heavy atom. The smallest absolute Gasteiger partial charge is 0.246 e. The summed E-state index contributed by atoms with van der Waals surface area (Å²) in [7, 11) is 0. The van der Waals surface area contributed by atoms with Gasteiger partial charge in [-0.15, -0.1) is 0 Å². The minimum atomic E-state index is -0.0202. The zero-order valence-corrected chi connectivity index (χ0v) is 13.8. The number of allylic oxidation sites excluding steroid dienone is 2. The molecule has 1 N–H and O–H groups in total. The van der Waals surface area contributed by atoms with Gasteiger partial charge in [0.2, 0.25) is 12.7 Å². The van der Waals surface area contributed by atoms with Gasteiger partial charge in [0.25, 0.3) is 0 Å². The van der Waals surface area contributed by atoms with Crippen molar-refractivity contribution in [3.8, 4) is 11.5 Å². The molecule has 1 amide bonds. The Kier molecular flexibility index (Phi) is 5.17. The number of piperazine rings is 1. The van der Waals surface area contributed by atoms with Crippen LogP contribution in [0.15, 0.2) is 35.9 Å². The Morgan fingerprint density at radius 1 is 1.17 bits per heavy atom. The molecule has 6 heteroatoms. The van der Waals surface area contributed by atoms with Crippen molar-refractivity contribution in [3.63, 3.8) is 0 Å². The summed E-state index contributed by atoms with van der Waals surface area (Å²) in [6.45, 7) is 4.40. The Labute approximate surface area is 141 Å². The zero-order valence-electron chi connectivity index (χ0n) is 13.8. The van der Waals surface area contributed by atoms with E-state index < -0.39 is 0 Å². The van der Waals surface area contributed by atoms with E-state index in [1.165, 1.54) is 5.06 Å². The molecule has 0 saturated carbocycles. The van der Waals surface area contributed by atoms with Crippen LogP contribution in [0.3, 0.4) is 0 Å². The summed E-state index contributed by atoms with van der Waals surface area (Å²) in [5, 5.41) is 10.6. The minimum Gasteiger partial charge on any atom is -0.454 e. The Balaban J connectivity index is 1.66. The highest BCUT2D eigenvalue weighted by atomic mass is 16.7. The van der Waals surface area contributed by atoms with Crippen molar-refractivity contribution in [2.75, 3.05) is 33.0 Å². The molecule has 0 unspecified atom stereocenters. The quantitative estimate of drug-likeness (QED) is 0.678. The highest BCUT2D eigenvalue weighted by Crippen LogP contribution is 2.33. The van der Waals surface area contributed by atoms with Crippen LogP contribution in [0.1, 0.15) is 18.9 Å². The maximum Gasteiger partial charge on any atom is 0.246 e. The number of carbonyl (C=O) groups excluding carboxylic acids is 1. The molecule has 0 atom stereocenters. The van der Waals surface area contributed by atoms with Crippen molar-refractivity contribution in [2.24, 2.45) is 0 Å². The fourth-order valence-electron chi connectivity index (χ4n) is 2.69. The molecule has 0 aromatic heterocycles. The number of ether oxygens (including phenoxy) is 2. The van der Waals surface area contributed by atoms with Gasteiger partial charge in [0.1, 0.15) is 0 Å². The fraction of sp³-hybridized carbons (Fsp3) is 0.389. The third-order valence-electron chi connectivity index (χ3n) is 4.16. The maximum absolute atomic E-state index is 12.2. The van der Waals surface area contributed by atoms with Gasteiger partial charge in [-0.05, 0) is 29.7 Å². The van der Waals surface area contributed by atoms with Crippen LogP contribution in [0.2, 0.25) is 0 Å². The summed E-state index contributed by atoms with van der Waals surface area (Å²) in [4.78, 5) is 14.0. The number of nitrogens with zero attached hydrogens (tertiary/aromatic N) is 2. The van der Waals surface area contributed by atoms with Crippen LogP contribution in [-0.4, -0.2) is 54.0 Å². The van der Waals surface area contributed by atoms with Crippen LogP contribution in [0.5, 0.6) is 11.5 Å². The summed E-state index contributed by atoms with van der Waals surface area (Å²) in [6.07, 6.45) is 6.33. The average molecular weight is 330 g/mol. The standard InChI is InChI=1S/C18H22N2O4/c1-2-14(4-6-18(21)19-7-9-20(22)10-8-19)11-15-3-5-16-17(12-15)24-13-23-16/h3-6,11-12,22H,2,7-10,13H2,1H3/b6-4+,14-11+. The number of hydroxylamine groups is 2. The van der Waals surface area contributed by atoms with Crippen molar-refractivity contribution in [1.82, 2.24) is 9.96 Å². The number of hydrogen-bond donors (Lipinski definition) is 1. The lowest BCUT2D eigenvalue weighted by molar-refractivity contribution is -0.141. The summed E-state index contributed by atoms with van der Waals surface area (Å²) in [5.41, 5.74) is 2.07. The third-order valence-corrected chi connectivity index (χ3v) is 4.16. The van der Waals surface area contributed by atoms with Gasteiger partial charge in [0.05, 0.1) is 0 Å². The van der Waals surface area contributed by atoms with E-state index in [1.807, 2.05) is 30.4 Å². The predicted octanol–water partition coefficient (Wildman–Crippen LogP) is 2.30. The van der Waals surface area contributed by atoms with Crippen LogP contribution in [0.25, 0.3) is 6.08 Å². The molecule has 3 rings (SSSR count). The van der Waals surface area contributed by atoms with E-state index >= 15 is 0 Å². The second kappa shape index (κ2) is 7.51. The number of fused-ring (bicyclic) bond motifs is 1. The molecule has 24 heavy (non-hydrogen) atoms. The maximum atomic E-state index is 12.2. The number of carbonyl (C=O) groups is 1. The van der Waals surface area contributed by atoms with Gasteiger partial charge in [-0.1, -0.05) is 25.1 Å². The lowest BCUT2D eigenvalue weighted by atomic mass is 10.1. The Hall–Kier alpha value is -2.31. The number of benzene rings is 1. The largest absolute Gasteiger partial charge is 0.454 e. The van der Waals surface area contributed by atoms with Crippen molar-refractivity contribution in [3.05, 3.63) is 41.5 Å². The first-order chi connectivity index (χ1) is 11.7. The molecule has 6 nitrogen and oxygen atoms in total. The molecule has 0 aliphatic carbocycles. The second-order valence-electron chi connectivity index (χ2n) is 5.80. The van der Waals surface area contributed by atoms with Crippen molar-refractivity contribution in [1.29, 1.82) is 0 Å². The predicted molar refractivity (Wildman–Crippen MR) is 89.9 cm³/mol. The molecule has 1 aromatic rings. The molecule has 1 saturated heterocycles. The lowest BCUT2D eigenvalue weighted by Crippen LogP contribution is -2.46. The van der Waals surface area contributed by atoms with E-state index in [9.17, 15) is 10.0 Å². The van der Waals surface area contributed by atoms with Gasteiger partial charge >= 0.3 is 0 Å². The van der Waals surface area contributed by atoms with Gasteiger partial charge in [0.15, 0.2) is 11.5 Å². The molecule has 2 aliphatic heterocycles. The van der Waals surface area contributed by atoms with E-state index in [-0.39, 0.29) is 12.7 Å². The fourth-order valence-corrected chi connectivity index (χ4v) is 2.69. The average Bonchev–Trinajstić information content (AvgIpc) is 3.06. The Bertz CT molecular complexity index is 661. The van der Waals surface area contributed by atoms with Crippen LogP contribution >= 0.6 is 0 Å². The van der Waals surface area contributed by atoms with Crippen molar-refractivity contribution < 1.29 is 19.5 Å². The van der Waals surface area contributed by atoms with Crippen LogP contribution in [0.4, 0.5) is 0 Å². The van der Waals surface area contributed by atoms with Crippen LogP contribution in [-0.2, 0) is 4.79 Å². The summed E-state index contributed by atoms with van der Waals surface area (Å²) in [5.74, 6) is 1.49. The molecule has 1 fully saturated rings. The number of hydrogen-bond acceptors (Lipinski definition) is 5. The zero-order chi connectivity index (χ0) is 16.9. The molecule has 1 aromatic carbocycles. The normalized spacial score (nSPS) is 18.4. The van der Waals surface area contributed by atoms with Crippen molar-refractivity contribution >= 4 is 12.0 Å². The van der Waals surface area contributed by atoms with E-state index in [0.717, 1.165) is 29.1 Å². The first kappa shape index (κ1) is 16.5. The molecule has 0 bridgehead atoms. The van der Waals surface area contributed by atoms with Crippen molar-refractivity contribution in [2.45, 2.75) is 13.3 Å². The molecule has 2 aliphatic rings. The Morgan fingerprint density at radius 3 is 2.67 bits per heavy atom. The SMILES string of the molecule is CCC(/C=C/C(=O)N1CCN(O)CC1)=C\c1ccc2c(c1)OCO2. The topological polar surface area (TPSA) is 62.2 Å². The second-order valence-corrected chi connectivity index (χ2v) is 5.80. The van der Waals surface area contributed by atoms with Gasteiger partial charge < -0.3 is 19.6 Å². The van der Waals surface area contributed by atoms with E-state index in [4.69, 9.17) is 9.47 Å². The van der Waals surface area contributed by atoms with E-state index in [0.29, 0.717) is 26.2 Å². The molecule has 128 valence electrons. The summed E-state index contributed by atoms with van der Waals surface area (Å²) >= 11 is 0. The molecular formula is C18H22N2O4. The van der Waals surface area contributed by atoms with Crippen LogP contribution in [0, 0.1) is 0 Å². The lowest BCUT2D eigenvalue weighted by Gasteiger charge is -2.30. The third kappa shape index (κ3) is 3.96. The molecular weight excluding hydrogens is 308 g/mol. The molecule has 2 heterocycles.